The number of rotatable bonds is 9. The SMILES string of the molecule is CCN(CC)c1ccc(-c2nnc(S[C@@H](C)C(=O)Nc3ccc(C(C)=O)cc3)o2)cc1. The zero-order chi connectivity index (χ0) is 22.4. The molecule has 1 amide bonds. The molecule has 0 spiro atoms. The molecule has 1 aromatic heterocycles. The number of carbonyl (C=O) groups is 2. The van der Waals surface area contributed by atoms with Gasteiger partial charge in [0, 0.05) is 35.6 Å². The fourth-order valence-corrected chi connectivity index (χ4v) is 3.70. The van der Waals surface area contributed by atoms with Crippen LogP contribution in [-0.4, -0.2) is 40.2 Å². The Morgan fingerprint density at radius 2 is 1.68 bits per heavy atom. The van der Waals surface area contributed by atoms with Crippen LogP contribution in [0.2, 0.25) is 0 Å². The molecule has 1 N–H and O–H groups in total. The third-order valence-corrected chi connectivity index (χ3v) is 5.79. The average molecular weight is 439 g/mol. The minimum absolute atomic E-state index is 0.0170. The molecule has 7 nitrogen and oxygen atoms in total. The molecule has 31 heavy (non-hydrogen) atoms. The van der Waals surface area contributed by atoms with Crippen LogP contribution in [0, 0.1) is 0 Å². The van der Waals surface area contributed by atoms with Crippen LogP contribution in [0.1, 0.15) is 38.1 Å². The zero-order valence-electron chi connectivity index (χ0n) is 18.1. The van der Waals surface area contributed by atoms with Crippen molar-refractivity contribution in [3.63, 3.8) is 0 Å². The Kier molecular flexibility index (Phi) is 7.46. The Bertz CT molecular complexity index is 1030. The van der Waals surface area contributed by atoms with Crippen LogP contribution >= 0.6 is 11.8 Å². The van der Waals surface area contributed by atoms with E-state index in [9.17, 15) is 9.59 Å². The van der Waals surface area contributed by atoms with Gasteiger partial charge in [0.2, 0.25) is 11.8 Å². The number of Topliss-reactive ketones (excluding diaryl/α,β-unsaturated/α-hetero) is 1. The maximum absolute atomic E-state index is 12.5. The van der Waals surface area contributed by atoms with Crippen molar-refractivity contribution >= 4 is 34.8 Å². The molecule has 0 radical (unpaired) electrons. The smallest absolute Gasteiger partial charge is 0.277 e. The summed E-state index contributed by atoms with van der Waals surface area (Å²) in [7, 11) is 0. The maximum Gasteiger partial charge on any atom is 0.277 e. The van der Waals surface area contributed by atoms with E-state index in [2.05, 4.69) is 34.3 Å². The predicted molar refractivity (Wildman–Crippen MR) is 124 cm³/mol. The van der Waals surface area contributed by atoms with Gasteiger partial charge in [-0.1, -0.05) is 11.8 Å². The van der Waals surface area contributed by atoms with Crippen LogP contribution in [0.15, 0.2) is 58.2 Å². The van der Waals surface area contributed by atoms with E-state index in [-0.39, 0.29) is 11.7 Å². The summed E-state index contributed by atoms with van der Waals surface area (Å²) >= 11 is 1.20. The normalized spacial score (nSPS) is 11.7. The highest BCUT2D eigenvalue weighted by molar-refractivity contribution is 8.00. The van der Waals surface area contributed by atoms with E-state index in [4.69, 9.17) is 4.42 Å². The first-order valence-corrected chi connectivity index (χ1v) is 11.1. The highest BCUT2D eigenvalue weighted by atomic mass is 32.2. The molecule has 0 bridgehead atoms. The summed E-state index contributed by atoms with van der Waals surface area (Å²) in [5, 5.41) is 10.9. The molecule has 8 heteroatoms. The van der Waals surface area contributed by atoms with Crippen molar-refractivity contribution in [3.8, 4) is 11.5 Å². The first-order valence-electron chi connectivity index (χ1n) is 10.2. The van der Waals surface area contributed by atoms with Crippen molar-refractivity contribution < 1.29 is 14.0 Å². The lowest BCUT2D eigenvalue weighted by Gasteiger charge is -2.20. The number of benzene rings is 2. The number of hydrogen-bond donors (Lipinski definition) is 1. The number of thioether (sulfide) groups is 1. The number of carbonyl (C=O) groups excluding carboxylic acids is 2. The molecule has 1 atom stereocenters. The van der Waals surface area contributed by atoms with Crippen LogP contribution in [0.3, 0.4) is 0 Å². The molecule has 0 fully saturated rings. The largest absolute Gasteiger partial charge is 0.411 e. The van der Waals surface area contributed by atoms with Gasteiger partial charge in [-0.25, -0.2) is 0 Å². The molecule has 0 aliphatic heterocycles. The molecular weight excluding hydrogens is 412 g/mol. The van der Waals surface area contributed by atoms with E-state index in [0.717, 1.165) is 24.3 Å². The van der Waals surface area contributed by atoms with Gasteiger partial charge in [-0.15, -0.1) is 10.2 Å². The number of aromatic nitrogens is 2. The lowest BCUT2D eigenvalue weighted by Crippen LogP contribution is -2.22. The number of nitrogens with zero attached hydrogens (tertiary/aromatic N) is 3. The fraction of sp³-hybridized carbons (Fsp3) is 0.304. The maximum atomic E-state index is 12.5. The Morgan fingerprint density at radius 3 is 2.26 bits per heavy atom. The van der Waals surface area contributed by atoms with Gasteiger partial charge < -0.3 is 14.6 Å². The molecule has 0 unspecified atom stereocenters. The van der Waals surface area contributed by atoms with Crippen molar-refractivity contribution in [2.24, 2.45) is 0 Å². The van der Waals surface area contributed by atoms with E-state index in [1.807, 2.05) is 24.3 Å². The second-order valence-electron chi connectivity index (χ2n) is 6.98. The fourth-order valence-electron chi connectivity index (χ4n) is 3.01. The molecular formula is C23H26N4O3S. The Hall–Kier alpha value is -3.13. The summed E-state index contributed by atoms with van der Waals surface area (Å²) in [6, 6.07) is 14.8. The van der Waals surface area contributed by atoms with E-state index >= 15 is 0 Å². The summed E-state index contributed by atoms with van der Waals surface area (Å²) in [6.07, 6.45) is 0. The first kappa shape index (κ1) is 22.6. The van der Waals surface area contributed by atoms with Crippen molar-refractivity contribution in [3.05, 3.63) is 54.1 Å². The molecule has 0 aliphatic rings. The molecule has 0 saturated heterocycles. The summed E-state index contributed by atoms with van der Waals surface area (Å²) in [4.78, 5) is 26.1. The van der Waals surface area contributed by atoms with Gasteiger partial charge in [0.25, 0.3) is 5.22 Å². The lowest BCUT2D eigenvalue weighted by molar-refractivity contribution is -0.115. The van der Waals surface area contributed by atoms with E-state index in [1.165, 1.54) is 18.7 Å². The molecule has 0 saturated carbocycles. The summed E-state index contributed by atoms with van der Waals surface area (Å²) in [5.41, 5.74) is 3.20. The number of hydrogen-bond acceptors (Lipinski definition) is 7. The third-order valence-electron chi connectivity index (χ3n) is 4.86. The molecule has 162 valence electrons. The summed E-state index contributed by atoms with van der Waals surface area (Å²) in [6.45, 7) is 9.40. The highest BCUT2D eigenvalue weighted by Gasteiger charge is 2.19. The Morgan fingerprint density at radius 1 is 1.03 bits per heavy atom. The first-order chi connectivity index (χ1) is 14.9. The van der Waals surface area contributed by atoms with Crippen LogP contribution in [0.25, 0.3) is 11.5 Å². The Balaban J connectivity index is 1.60. The van der Waals surface area contributed by atoms with Gasteiger partial charge in [-0.3, -0.25) is 9.59 Å². The second-order valence-corrected chi connectivity index (χ2v) is 8.27. The van der Waals surface area contributed by atoms with Gasteiger partial charge in [-0.2, -0.15) is 0 Å². The van der Waals surface area contributed by atoms with Crippen LogP contribution < -0.4 is 10.2 Å². The predicted octanol–water partition coefficient (Wildman–Crippen LogP) is 4.90. The van der Waals surface area contributed by atoms with Gasteiger partial charge in [0.05, 0.1) is 5.25 Å². The number of nitrogens with one attached hydrogen (secondary N) is 1. The monoisotopic (exact) mass is 438 g/mol. The van der Waals surface area contributed by atoms with E-state index < -0.39 is 5.25 Å². The topological polar surface area (TPSA) is 88.3 Å². The molecule has 1 heterocycles. The van der Waals surface area contributed by atoms with Crippen molar-refractivity contribution in [2.75, 3.05) is 23.3 Å². The lowest BCUT2D eigenvalue weighted by atomic mass is 10.1. The van der Waals surface area contributed by atoms with Crippen molar-refractivity contribution in [2.45, 2.75) is 38.2 Å². The van der Waals surface area contributed by atoms with Gasteiger partial charge in [0.1, 0.15) is 0 Å². The standard InChI is InChI=1S/C23H26N4O3S/c1-5-27(6-2)20-13-9-18(10-14-20)22-25-26-23(30-22)31-16(4)21(29)24-19-11-7-17(8-12-19)15(3)28/h7-14,16H,5-6H2,1-4H3,(H,24,29)/t16-/m0/s1. The minimum atomic E-state index is -0.439. The summed E-state index contributed by atoms with van der Waals surface area (Å²) in [5.74, 6) is 0.210. The van der Waals surface area contributed by atoms with Crippen LogP contribution in [0.5, 0.6) is 0 Å². The number of ketones is 1. The molecule has 2 aromatic carbocycles. The van der Waals surface area contributed by atoms with Gasteiger partial charge >= 0.3 is 0 Å². The quantitative estimate of drug-likeness (QED) is 0.375. The molecule has 0 aliphatic carbocycles. The third kappa shape index (κ3) is 5.73. The summed E-state index contributed by atoms with van der Waals surface area (Å²) < 4.78 is 5.75. The van der Waals surface area contributed by atoms with Crippen LogP contribution in [-0.2, 0) is 4.79 Å². The van der Waals surface area contributed by atoms with Gasteiger partial charge in [0.15, 0.2) is 5.78 Å². The van der Waals surface area contributed by atoms with E-state index in [1.54, 1.807) is 31.2 Å². The highest BCUT2D eigenvalue weighted by Crippen LogP contribution is 2.28. The van der Waals surface area contributed by atoms with Crippen molar-refractivity contribution in [1.29, 1.82) is 0 Å². The van der Waals surface area contributed by atoms with E-state index in [0.29, 0.717) is 22.4 Å². The van der Waals surface area contributed by atoms with Crippen LogP contribution in [0.4, 0.5) is 11.4 Å². The van der Waals surface area contributed by atoms with Crippen molar-refractivity contribution in [1.82, 2.24) is 10.2 Å². The second kappa shape index (κ2) is 10.3. The van der Waals surface area contributed by atoms with Gasteiger partial charge in [-0.05, 0) is 76.2 Å². The number of anilines is 2. The zero-order valence-corrected chi connectivity index (χ0v) is 18.9. The minimum Gasteiger partial charge on any atom is -0.411 e. The number of amides is 1. The average Bonchev–Trinajstić information content (AvgIpc) is 3.24. The molecule has 3 rings (SSSR count). The Labute approximate surface area is 186 Å². The molecule has 3 aromatic rings.